The molecule has 0 spiro atoms. The van der Waals surface area contributed by atoms with Crippen molar-refractivity contribution in [1.82, 2.24) is 0 Å². The molecule has 1 unspecified atom stereocenters. The fourth-order valence-electron chi connectivity index (χ4n) is 2.20. The van der Waals surface area contributed by atoms with E-state index >= 15 is 0 Å². The lowest BCUT2D eigenvalue weighted by Gasteiger charge is -2.27. The molecule has 2 rings (SSSR count). The Hall–Kier alpha value is -1.20. The molecule has 0 aromatic heterocycles. The monoisotopic (exact) mass is 278 g/mol. The highest BCUT2D eigenvalue weighted by molar-refractivity contribution is 5.13. The second-order valence-electron chi connectivity index (χ2n) is 5.35. The van der Waals surface area contributed by atoms with Crippen molar-refractivity contribution < 1.29 is 19.3 Å². The van der Waals surface area contributed by atoms with Crippen LogP contribution in [0.1, 0.15) is 19.4 Å². The van der Waals surface area contributed by atoms with Crippen molar-refractivity contribution in [2.45, 2.75) is 44.6 Å². The van der Waals surface area contributed by atoms with Crippen LogP contribution in [-0.4, -0.2) is 35.8 Å². The van der Waals surface area contributed by atoms with E-state index in [4.69, 9.17) is 14.2 Å². The Morgan fingerprint density at radius 1 is 1.45 bits per heavy atom. The minimum absolute atomic E-state index is 0.304. The molecule has 0 saturated carbocycles. The normalized spacial score (nSPS) is 24.2. The van der Waals surface area contributed by atoms with Crippen LogP contribution in [-0.2, 0) is 20.8 Å². The van der Waals surface area contributed by atoms with Gasteiger partial charge in [0.2, 0.25) is 0 Å². The maximum atomic E-state index is 10.0. The van der Waals surface area contributed by atoms with Gasteiger partial charge in [-0.15, -0.1) is 6.58 Å². The summed E-state index contributed by atoms with van der Waals surface area (Å²) in [5, 5.41) is 10.0. The fraction of sp³-hybridized carbons (Fsp3) is 0.500. The van der Waals surface area contributed by atoms with Crippen LogP contribution in [0, 0.1) is 0 Å². The molecule has 1 heterocycles. The minimum atomic E-state index is -0.791. The number of hydrogen-bond donors (Lipinski definition) is 1. The lowest BCUT2D eigenvalue weighted by atomic mass is 10.1. The van der Waals surface area contributed by atoms with E-state index in [1.54, 1.807) is 0 Å². The SMILES string of the molecule is C=CC(O)[C@@H](OCc1ccccc1)[C@@H]1COC(C)(C)O1. The molecule has 20 heavy (non-hydrogen) atoms. The van der Waals surface area contributed by atoms with E-state index < -0.39 is 18.0 Å². The molecule has 1 N–H and O–H groups in total. The minimum Gasteiger partial charge on any atom is -0.386 e. The third kappa shape index (κ3) is 3.90. The van der Waals surface area contributed by atoms with Gasteiger partial charge in [0.1, 0.15) is 18.3 Å². The van der Waals surface area contributed by atoms with Crippen LogP contribution < -0.4 is 0 Å². The standard InChI is InChI=1S/C16H22O4/c1-4-13(17)15(14-11-19-16(2,3)20-14)18-10-12-8-6-5-7-9-12/h4-9,13-15,17H,1,10-11H2,2-3H3/t13?,14-,15+/m0/s1. The summed E-state index contributed by atoms with van der Waals surface area (Å²) in [5.74, 6) is -0.639. The highest BCUT2D eigenvalue weighted by Gasteiger charge is 2.40. The Kier molecular flexibility index (Phi) is 4.94. The van der Waals surface area contributed by atoms with Gasteiger partial charge in [0.05, 0.1) is 13.2 Å². The molecule has 0 amide bonds. The zero-order chi connectivity index (χ0) is 14.6. The van der Waals surface area contributed by atoms with E-state index in [2.05, 4.69) is 6.58 Å². The van der Waals surface area contributed by atoms with Crippen LogP contribution >= 0.6 is 0 Å². The second kappa shape index (κ2) is 6.50. The molecular formula is C16H22O4. The van der Waals surface area contributed by atoms with E-state index in [-0.39, 0.29) is 6.10 Å². The number of hydrogen-bond acceptors (Lipinski definition) is 4. The molecule has 4 heteroatoms. The van der Waals surface area contributed by atoms with Crippen molar-refractivity contribution in [3.63, 3.8) is 0 Å². The Balaban J connectivity index is 1.99. The largest absolute Gasteiger partial charge is 0.386 e. The summed E-state index contributed by atoms with van der Waals surface area (Å²) >= 11 is 0. The first-order chi connectivity index (χ1) is 9.52. The Bertz CT molecular complexity index is 429. The van der Waals surface area contributed by atoms with Gasteiger partial charge in [-0.1, -0.05) is 36.4 Å². The van der Waals surface area contributed by atoms with E-state index in [0.29, 0.717) is 13.2 Å². The first-order valence-corrected chi connectivity index (χ1v) is 6.80. The molecule has 0 aliphatic carbocycles. The Morgan fingerprint density at radius 2 is 2.15 bits per heavy atom. The highest BCUT2D eigenvalue weighted by atomic mass is 16.7. The molecule has 1 fully saturated rings. The van der Waals surface area contributed by atoms with E-state index in [1.165, 1.54) is 6.08 Å². The predicted octanol–water partition coefficient (Wildman–Crippen LogP) is 2.27. The first kappa shape index (κ1) is 15.2. The maximum Gasteiger partial charge on any atom is 0.163 e. The molecule has 1 aliphatic heterocycles. The summed E-state index contributed by atoms with van der Waals surface area (Å²) in [6.45, 7) is 8.13. The molecule has 1 aromatic rings. The molecular weight excluding hydrogens is 256 g/mol. The van der Waals surface area contributed by atoms with Crippen LogP contribution in [0.5, 0.6) is 0 Å². The van der Waals surface area contributed by atoms with Gasteiger partial charge in [-0.25, -0.2) is 0 Å². The van der Waals surface area contributed by atoms with Crippen LogP contribution in [0.4, 0.5) is 0 Å². The van der Waals surface area contributed by atoms with E-state index in [0.717, 1.165) is 5.56 Å². The average molecular weight is 278 g/mol. The molecule has 1 aromatic carbocycles. The van der Waals surface area contributed by atoms with Crippen LogP contribution in [0.15, 0.2) is 43.0 Å². The molecule has 1 saturated heterocycles. The summed E-state index contributed by atoms with van der Waals surface area (Å²) in [6, 6.07) is 9.82. The number of ether oxygens (including phenoxy) is 3. The summed E-state index contributed by atoms with van der Waals surface area (Å²) in [5.41, 5.74) is 1.05. The zero-order valence-electron chi connectivity index (χ0n) is 12.0. The van der Waals surface area contributed by atoms with Crippen LogP contribution in [0.2, 0.25) is 0 Å². The lowest BCUT2D eigenvalue weighted by Crippen LogP contribution is -2.41. The number of benzene rings is 1. The third-order valence-corrected chi connectivity index (χ3v) is 3.26. The number of aliphatic hydroxyl groups is 1. The number of aliphatic hydroxyl groups excluding tert-OH is 1. The van der Waals surface area contributed by atoms with Gasteiger partial charge in [0, 0.05) is 0 Å². The van der Waals surface area contributed by atoms with Crippen molar-refractivity contribution in [3.8, 4) is 0 Å². The van der Waals surface area contributed by atoms with Crippen molar-refractivity contribution in [3.05, 3.63) is 48.6 Å². The quantitative estimate of drug-likeness (QED) is 0.811. The summed E-state index contributed by atoms with van der Waals surface area (Å²) in [4.78, 5) is 0. The fourth-order valence-corrected chi connectivity index (χ4v) is 2.20. The van der Waals surface area contributed by atoms with Crippen molar-refractivity contribution in [1.29, 1.82) is 0 Å². The first-order valence-electron chi connectivity index (χ1n) is 6.80. The summed E-state index contributed by atoms with van der Waals surface area (Å²) < 4.78 is 17.1. The van der Waals surface area contributed by atoms with Crippen molar-refractivity contribution >= 4 is 0 Å². The summed E-state index contributed by atoms with van der Waals surface area (Å²) in [6.07, 6.45) is -0.123. The topological polar surface area (TPSA) is 47.9 Å². The van der Waals surface area contributed by atoms with Crippen LogP contribution in [0.25, 0.3) is 0 Å². The smallest absolute Gasteiger partial charge is 0.163 e. The van der Waals surface area contributed by atoms with E-state index in [9.17, 15) is 5.11 Å². The van der Waals surface area contributed by atoms with Gasteiger partial charge in [-0.3, -0.25) is 0 Å². The van der Waals surface area contributed by atoms with Gasteiger partial charge in [-0.2, -0.15) is 0 Å². The molecule has 3 atom stereocenters. The Morgan fingerprint density at radius 3 is 2.70 bits per heavy atom. The number of rotatable bonds is 6. The van der Waals surface area contributed by atoms with Crippen molar-refractivity contribution in [2.24, 2.45) is 0 Å². The van der Waals surface area contributed by atoms with Crippen LogP contribution in [0.3, 0.4) is 0 Å². The third-order valence-electron chi connectivity index (χ3n) is 3.26. The average Bonchev–Trinajstić information content (AvgIpc) is 2.80. The van der Waals surface area contributed by atoms with Gasteiger partial charge in [0.15, 0.2) is 5.79 Å². The predicted molar refractivity (Wildman–Crippen MR) is 76.1 cm³/mol. The van der Waals surface area contributed by atoms with Gasteiger partial charge in [0.25, 0.3) is 0 Å². The lowest BCUT2D eigenvalue weighted by molar-refractivity contribution is -0.167. The molecule has 1 aliphatic rings. The Labute approximate surface area is 120 Å². The second-order valence-corrected chi connectivity index (χ2v) is 5.35. The van der Waals surface area contributed by atoms with Crippen molar-refractivity contribution in [2.75, 3.05) is 6.61 Å². The maximum absolute atomic E-state index is 10.0. The summed E-state index contributed by atoms with van der Waals surface area (Å²) in [7, 11) is 0. The van der Waals surface area contributed by atoms with Gasteiger partial charge < -0.3 is 19.3 Å². The van der Waals surface area contributed by atoms with Gasteiger partial charge >= 0.3 is 0 Å². The van der Waals surface area contributed by atoms with Gasteiger partial charge in [-0.05, 0) is 19.4 Å². The zero-order valence-corrected chi connectivity index (χ0v) is 12.0. The molecule has 0 radical (unpaired) electrons. The molecule has 0 bridgehead atoms. The molecule has 110 valence electrons. The highest BCUT2D eigenvalue weighted by Crippen LogP contribution is 2.27. The molecule has 4 nitrogen and oxygen atoms in total. The van der Waals surface area contributed by atoms with E-state index in [1.807, 2.05) is 44.2 Å².